The number of aliphatic hydroxyl groups excluding tert-OH is 1. The van der Waals surface area contributed by atoms with Gasteiger partial charge in [-0.2, -0.15) is 0 Å². The van der Waals surface area contributed by atoms with E-state index in [4.69, 9.17) is 0 Å². The van der Waals surface area contributed by atoms with Crippen molar-refractivity contribution < 1.29 is 14.6 Å². The van der Waals surface area contributed by atoms with Crippen molar-refractivity contribution in [3.63, 3.8) is 0 Å². The molecule has 4 heteroatoms. The summed E-state index contributed by atoms with van der Waals surface area (Å²) >= 11 is 0. The Bertz CT molecular complexity index is 220. The number of piperidine rings is 1. The molecule has 0 aromatic carbocycles. The highest BCUT2D eigenvalue weighted by Crippen LogP contribution is 2.21. The molecule has 1 aliphatic heterocycles. The molecule has 0 saturated carbocycles. The van der Waals surface area contributed by atoms with Crippen LogP contribution < -0.4 is 0 Å². The molecule has 1 fully saturated rings. The molecule has 16 heavy (non-hydrogen) atoms. The van der Waals surface area contributed by atoms with Crippen LogP contribution in [0.3, 0.4) is 0 Å². The third kappa shape index (κ3) is 3.76. The standard InChI is InChI=1S/C12H23NO3/c1-3-11(14)10-6-4-5-8-13(10)9-7-12(15)16-2/h10-11,14H,3-9H2,1-2H3. The second kappa shape index (κ2) is 6.86. The summed E-state index contributed by atoms with van der Waals surface area (Å²) < 4.78 is 4.64. The molecule has 0 radical (unpaired) electrons. The number of ether oxygens (including phenoxy) is 1. The maximum atomic E-state index is 11.1. The highest BCUT2D eigenvalue weighted by Gasteiger charge is 2.27. The molecule has 1 heterocycles. The molecule has 1 rings (SSSR count). The van der Waals surface area contributed by atoms with E-state index >= 15 is 0 Å². The molecule has 0 aromatic rings. The zero-order valence-electron chi connectivity index (χ0n) is 10.3. The molecule has 94 valence electrons. The Morgan fingerprint density at radius 3 is 2.94 bits per heavy atom. The van der Waals surface area contributed by atoms with Crippen LogP contribution in [0.1, 0.15) is 39.0 Å². The molecule has 0 aromatic heterocycles. The minimum Gasteiger partial charge on any atom is -0.469 e. The number of hydrogen-bond acceptors (Lipinski definition) is 4. The van der Waals surface area contributed by atoms with Gasteiger partial charge < -0.3 is 9.84 Å². The van der Waals surface area contributed by atoms with Gasteiger partial charge in [0, 0.05) is 12.6 Å². The summed E-state index contributed by atoms with van der Waals surface area (Å²) in [6, 6.07) is 0.225. The first-order chi connectivity index (χ1) is 7.69. The minimum absolute atomic E-state index is 0.171. The quantitative estimate of drug-likeness (QED) is 0.719. The predicted octanol–water partition coefficient (Wildman–Crippen LogP) is 1.17. The van der Waals surface area contributed by atoms with E-state index in [1.807, 2.05) is 6.92 Å². The van der Waals surface area contributed by atoms with Gasteiger partial charge in [0.2, 0.25) is 0 Å². The van der Waals surface area contributed by atoms with Crippen LogP contribution in [-0.4, -0.2) is 48.3 Å². The number of nitrogens with zero attached hydrogens (tertiary/aromatic N) is 1. The maximum Gasteiger partial charge on any atom is 0.306 e. The summed E-state index contributed by atoms with van der Waals surface area (Å²) in [5, 5.41) is 9.92. The van der Waals surface area contributed by atoms with Crippen molar-refractivity contribution in [2.24, 2.45) is 0 Å². The largest absolute Gasteiger partial charge is 0.469 e. The van der Waals surface area contributed by atoms with Gasteiger partial charge >= 0.3 is 5.97 Å². The van der Waals surface area contributed by atoms with Gasteiger partial charge in [-0.15, -0.1) is 0 Å². The first-order valence-electron chi connectivity index (χ1n) is 6.18. The molecule has 0 spiro atoms. The van der Waals surface area contributed by atoms with Crippen molar-refractivity contribution in [2.75, 3.05) is 20.2 Å². The van der Waals surface area contributed by atoms with Gasteiger partial charge in [0.05, 0.1) is 19.6 Å². The van der Waals surface area contributed by atoms with Crippen LogP contribution in [0.4, 0.5) is 0 Å². The van der Waals surface area contributed by atoms with E-state index in [0.29, 0.717) is 13.0 Å². The van der Waals surface area contributed by atoms with Gasteiger partial charge in [-0.3, -0.25) is 9.69 Å². The van der Waals surface area contributed by atoms with Crippen LogP contribution in [0.15, 0.2) is 0 Å². The number of likely N-dealkylation sites (tertiary alicyclic amines) is 1. The molecule has 2 unspecified atom stereocenters. The molecular weight excluding hydrogens is 206 g/mol. The fraction of sp³-hybridized carbons (Fsp3) is 0.917. The van der Waals surface area contributed by atoms with Gasteiger partial charge in [0.15, 0.2) is 0 Å². The Hall–Kier alpha value is -0.610. The zero-order chi connectivity index (χ0) is 12.0. The molecule has 0 aliphatic carbocycles. The second-order valence-electron chi connectivity index (χ2n) is 4.40. The Balaban J connectivity index is 2.43. The molecule has 0 amide bonds. The molecule has 0 bridgehead atoms. The van der Waals surface area contributed by atoms with Crippen LogP contribution in [0.5, 0.6) is 0 Å². The van der Waals surface area contributed by atoms with Crippen LogP contribution in [0.25, 0.3) is 0 Å². The van der Waals surface area contributed by atoms with Crippen molar-refractivity contribution in [1.82, 2.24) is 4.90 Å². The van der Waals surface area contributed by atoms with Crippen molar-refractivity contribution in [2.45, 2.75) is 51.2 Å². The van der Waals surface area contributed by atoms with Crippen molar-refractivity contribution >= 4 is 5.97 Å². The van der Waals surface area contributed by atoms with Crippen molar-refractivity contribution in [3.05, 3.63) is 0 Å². The van der Waals surface area contributed by atoms with Crippen LogP contribution in [-0.2, 0) is 9.53 Å². The average Bonchev–Trinajstić information content (AvgIpc) is 2.35. The number of aliphatic hydroxyl groups is 1. The summed E-state index contributed by atoms with van der Waals surface area (Å²) in [6.45, 7) is 3.69. The minimum atomic E-state index is -0.266. The third-order valence-corrected chi connectivity index (χ3v) is 3.36. The Kier molecular flexibility index (Phi) is 5.77. The van der Waals surface area contributed by atoms with Crippen LogP contribution in [0.2, 0.25) is 0 Å². The fourth-order valence-corrected chi connectivity index (χ4v) is 2.34. The summed E-state index contributed by atoms with van der Waals surface area (Å²) in [5.74, 6) is -0.171. The molecule has 2 atom stereocenters. The van der Waals surface area contributed by atoms with E-state index in [0.717, 1.165) is 25.8 Å². The van der Waals surface area contributed by atoms with E-state index in [2.05, 4.69) is 9.64 Å². The Morgan fingerprint density at radius 1 is 1.56 bits per heavy atom. The average molecular weight is 229 g/mol. The number of hydrogen-bond donors (Lipinski definition) is 1. The first-order valence-corrected chi connectivity index (χ1v) is 6.18. The smallest absolute Gasteiger partial charge is 0.306 e. The second-order valence-corrected chi connectivity index (χ2v) is 4.40. The van der Waals surface area contributed by atoms with E-state index < -0.39 is 0 Å². The monoisotopic (exact) mass is 229 g/mol. The van der Waals surface area contributed by atoms with E-state index in [1.165, 1.54) is 13.5 Å². The maximum absolute atomic E-state index is 11.1. The lowest BCUT2D eigenvalue weighted by molar-refractivity contribution is -0.141. The predicted molar refractivity (Wildman–Crippen MR) is 62.1 cm³/mol. The molecule has 1 saturated heterocycles. The van der Waals surface area contributed by atoms with Crippen molar-refractivity contribution in [1.29, 1.82) is 0 Å². The van der Waals surface area contributed by atoms with Crippen LogP contribution in [0, 0.1) is 0 Å². The fourth-order valence-electron chi connectivity index (χ4n) is 2.34. The van der Waals surface area contributed by atoms with E-state index in [1.54, 1.807) is 0 Å². The summed E-state index contributed by atoms with van der Waals surface area (Å²) in [4.78, 5) is 13.3. The van der Waals surface area contributed by atoms with Gasteiger partial charge in [-0.1, -0.05) is 13.3 Å². The van der Waals surface area contributed by atoms with Gasteiger partial charge in [0.1, 0.15) is 0 Å². The summed E-state index contributed by atoms with van der Waals surface area (Å²) in [7, 11) is 1.41. The number of methoxy groups -OCH3 is 1. The summed E-state index contributed by atoms with van der Waals surface area (Å²) in [5.41, 5.74) is 0. The number of carbonyl (C=O) groups excluding carboxylic acids is 1. The van der Waals surface area contributed by atoms with Gasteiger partial charge in [0.25, 0.3) is 0 Å². The SMILES string of the molecule is CCC(O)C1CCCCN1CCC(=O)OC. The lowest BCUT2D eigenvalue weighted by Gasteiger charge is -2.38. The molecule has 1 aliphatic rings. The van der Waals surface area contributed by atoms with Gasteiger partial charge in [-0.25, -0.2) is 0 Å². The zero-order valence-corrected chi connectivity index (χ0v) is 10.3. The molecule has 4 nitrogen and oxygen atoms in total. The number of esters is 1. The van der Waals surface area contributed by atoms with E-state index in [9.17, 15) is 9.90 Å². The van der Waals surface area contributed by atoms with Crippen molar-refractivity contribution in [3.8, 4) is 0 Å². The Labute approximate surface area is 97.6 Å². The number of rotatable bonds is 5. The Morgan fingerprint density at radius 2 is 2.31 bits per heavy atom. The topological polar surface area (TPSA) is 49.8 Å². The van der Waals surface area contributed by atoms with Gasteiger partial charge in [-0.05, 0) is 25.8 Å². The van der Waals surface area contributed by atoms with Crippen LogP contribution >= 0.6 is 0 Å². The normalized spacial score (nSPS) is 24.1. The lowest BCUT2D eigenvalue weighted by atomic mass is 9.96. The highest BCUT2D eigenvalue weighted by atomic mass is 16.5. The lowest BCUT2D eigenvalue weighted by Crippen LogP contribution is -2.47. The highest BCUT2D eigenvalue weighted by molar-refractivity contribution is 5.69. The number of carbonyl (C=O) groups is 1. The third-order valence-electron chi connectivity index (χ3n) is 3.36. The van der Waals surface area contributed by atoms with E-state index in [-0.39, 0.29) is 18.1 Å². The molecular formula is C12H23NO3. The summed E-state index contributed by atoms with van der Waals surface area (Å²) in [6.07, 6.45) is 4.31. The first kappa shape index (κ1) is 13.5. The molecule has 1 N–H and O–H groups in total.